The van der Waals surface area contributed by atoms with Crippen LogP contribution >= 0.6 is 15.9 Å². The Kier molecular flexibility index (Phi) is 9.42. The van der Waals surface area contributed by atoms with Crippen molar-refractivity contribution in [3.05, 3.63) is 56.4 Å². The molecule has 1 N–H and O–H groups in total. The molecule has 1 aromatic rings. The predicted molar refractivity (Wildman–Crippen MR) is 121 cm³/mol. The molecule has 1 aliphatic rings. The maximum Gasteiger partial charge on any atom is 0.337 e. The van der Waals surface area contributed by atoms with Crippen molar-refractivity contribution in [1.82, 2.24) is 5.32 Å². The number of carbonyl (C=O) groups is 2. The summed E-state index contributed by atoms with van der Waals surface area (Å²) in [5.41, 5.74) is 0.0416. The first kappa shape index (κ1) is 25.9. The van der Waals surface area contributed by atoms with Crippen molar-refractivity contribution in [2.24, 2.45) is 0 Å². The SMILES string of the molecule is CCC1=C(C(=O)OC)C(c2cc([N+](=O)[O-])ccc2OCCCCBr)C(C(=O)OC)=C(C#N)N1. The number of ether oxygens (including phenoxy) is 3. The Hall–Kier alpha value is -3.39. The number of non-ortho nitro benzene ring substituents is 1. The number of nitro benzene ring substituents is 1. The molecule has 1 unspecified atom stereocenters. The van der Waals surface area contributed by atoms with Crippen LogP contribution in [-0.2, 0) is 19.1 Å². The van der Waals surface area contributed by atoms with Gasteiger partial charge >= 0.3 is 11.9 Å². The fourth-order valence-electron chi connectivity index (χ4n) is 3.49. The van der Waals surface area contributed by atoms with Crippen LogP contribution in [0.25, 0.3) is 0 Å². The zero-order valence-electron chi connectivity index (χ0n) is 18.5. The summed E-state index contributed by atoms with van der Waals surface area (Å²) in [7, 11) is 2.33. The van der Waals surface area contributed by atoms with Crippen LogP contribution in [0.3, 0.4) is 0 Å². The van der Waals surface area contributed by atoms with E-state index in [0.29, 0.717) is 25.1 Å². The third-order valence-corrected chi connectivity index (χ3v) is 5.59. The number of nitriles is 1. The molecule has 1 aromatic carbocycles. The van der Waals surface area contributed by atoms with Crippen molar-refractivity contribution >= 4 is 33.6 Å². The van der Waals surface area contributed by atoms with Crippen molar-refractivity contribution < 1.29 is 28.7 Å². The molecule has 0 saturated heterocycles. The molecule has 1 aliphatic heterocycles. The number of allylic oxidation sites excluding steroid dienone is 2. The molecule has 0 fully saturated rings. The van der Waals surface area contributed by atoms with E-state index in [0.717, 1.165) is 18.9 Å². The standard InChI is InChI=1S/C22H24BrN3O7/c1-4-15-19(21(27)31-2)18(20(22(28)32-3)16(12-24)25-15)14-11-13(26(29)30)7-8-17(14)33-10-6-5-9-23/h7-8,11,18,25H,4-6,9-10H2,1-3H3. The van der Waals surface area contributed by atoms with E-state index < -0.39 is 22.8 Å². The topological polar surface area (TPSA) is 141 Å². The van der Waals surface area contributed by atoms with Crippen LogP contribution < -0.4 is 10.1 Å². The van der Waals surface area contributed by atoms with Gasteiger partial charge in [0.2, 0.25) is 0 Å². The molecule has 176 valence electrons. The number of nitro groups is 1. The summed E-state index contributed by atoms with van der Waals surface area (Å²) < 4.78 is 15.7. The van der Waals surface area contributed by atoms with Gasteiger partial charge in [-0.15, -0.1) is 0 Å². The summed E-state index contributed by atoms with van der Waals surface area (Å²) in [5.74, 6) is -2.55. The molecule has 0 aliphatic carbocycles. The van der Waals surface area contributed by atoms with Gasteiger partial charge in [-0.25, -0.2) is 9.59 Å². The highest BCUT2D eigenvalue weighted by Gasteiger charge is 2.41. The summed E-state index contributed by atoms with van der Waals surface area (Å²) in [5, 5.41) is 24.8. The van der Waals surface area contributed by atoms with E-state index in [-0.39, 0.29) is 33.8 Å². The predicted octanol–water partition coefficient (Wildman–Crippen LogP) is 3.62. The van der Waals surface area contributed by atoms with Crippen LogP contribution in [0.2, 0.25) is 0 Å². The van der Waals surface area contributed by atoms with Gasteiger partial charge in [0.05, 0.1) is 42.8 Å². The molecule has 0 spiro atoms. The lowest BCUT2D eigenvalue weighted by Gasteiger charge is -2.30. The van der Waals surface area contributed by atoms with Gasteiger partial charge in [-0.3, -0.25) is 10.1 Å². The Balaban J connectivity index is 2.83. The van der Waals surface area contributed by atoms with Crippen LogP contribution in [0.15, 0.2) is 40.7 Å². The lowest BCUT2D eigenvalue weighted by Crippen LogP contribution is -2.33. The fraction of sp³-hybridized carbons (Fsp3) is 0.409. The molecular weight excluding hydrogens is 498 g/mol. The van der Waals surface area contributed by atoms with E-state index in [4.69, 9.17) is 14.2 Å². The number of hydrogen-bond acceptors (Lipinski definition) is 9. The van der Waals surface area contributed by atoms with Gasteiger partial charge < -0.3 is 19.5 Å². The second-order valence-corrected chi connectivity index (χ2v) is 7.70. The van der Waals surface area contributed by atoms with Gasteiger partial charge in [-0.05, 0) is 25.3 Å². The third kappa shape index (κ3) is 5.70. The second kappa shape index (κ2) is 12.0. The second-order valence-electron chi connectivity index (χ2n) is 6.91. The first-order valence-corrected chi connectivity index (χ1v) is 11.2. The minimum atomic E-state index is -1.18. The van der Waals surface area contributed by atoms with Crippen molar-refractivity contribution in [2.75, 3.05) is 26.2 Å². The van der Waals surface area contributed by atoms with Crippen LogP contribution in [0.5, 0.6) is 5.75 Å². The van der Waals surface area contributed by atoms with E-state index in [1.54, 1.807) is 6.92 Å². The molecule has 0 bridgehead atoms. The molecule has 0 amide bonds. The summed E-state index contributed by atoms with van der Waals surface area (Å²) in [6.07, 6.45) is 1.85. The largest absolute Gasteiger partial charge is 0.493 e. The van der Waals surface area contributed by atoms with Gasteiger partial charge in [0, 0.05) is 28.7 Å². The van der Waals surface area contributed by atoms with Crippen LogP contribution in [0.1, 0.15) is 37.7 Å². The smallest absolute Gasteiger partial charge is 0.337 e. The number of halogens is 1. The first-order valence-electron chi connectivity index (χ1n) is 10.1. The molecule has 1 heterocycles. The number of methoxy groups -OCH3 is 2. The lowest BCUT2D eigenvalue weighted by atomic mass is 9.79. The number of hydrogen-bond donors (Lipinski definition) is 1. The highest BCUT2D eigenvalue weighted by atomic mass is 79.9. The van der Waals surface area contributed by atoms with Crippen molar-refractivity contribution in [3.63, 3.8) is 0 Å². The summed E-state index contributed by atoms with van der Waals surface area (Å²) in [6, 6.07) is 5.87. The molecule has 0 radical (unpaired) electrons. The number of dihydropyridines is 1. The Morgan fingerprint density at radius 1 is 1.21 bits per heavy atom. The van der Waals surface area contributed by atoms with E-state index in [1.807, 2.05) is 6.07 Å². The van der Waals surface area contributed by atoms with Gasteiger partial charge in [0.15, 0.2) is 0 Å². The van der Waals surface area contributed by atoms with Crippen LogP contribution in [0, 0.1) is 21.4 Å². The van der Waals surface area contributed by atoms with Gasteiger partial charge in [-0.2, -0.15) is 5.26 Å². The third-order valence-electron chi connectivity index (χ3n) is 5.02. The molecule has 0 saturated carbocycles. The van der Waals surface area contributed by atoms with E-state index in [9.17, 15) is 25.0 Å². The van der Waals surface area contributed by atoms with Crippen molar-refractivity contribution in [3.8, 4) is 11.8 Å². The molecular formula is C22H24BrN3O7. The average molecular weight is 522 g/mol. The zero-order chi connectivity index (χ0) is 24.5. The molecule has 33 heavy (non-hydrogen) atoms. The maximum atomic E-state index is 12.8. The van der Waals surface area contributed by atoms with E-state index in [2.05, 4.69) is 21.2 Å². The quantitative estimate of drug-likeness (QED) is 0.160. The normalized spacial score (nSPS) is 15.4. The van der Waals surface area contributed by atoms with Gasteiger partial charge in [0.1, 0.15) is 17.5 Å². The van der Waals surface area contributed by atoms with Crippen LogP contribution in [-0.4, -0.2) is 43.0 Å². The number of benzene rings is 1. The number of alkyl halides is 1. The number of rotatable bonds is 10. The Morgan fingerprint density at radius 2 is 1.88 bits per heavy atom. The molecule has 10 nitrogen and oxygen atoms in total. The first-order chi connectivity index (χ1) is 15.8. The number of carbonyl (C=O) groups excluding carboxylic acids is 2. The average Bonchev–Trinajstić information content (AvgIpc) is 2.84. The van der Waals surface area contributed by atoms with Crippen molar-refractivity contribution in [2.45, 2.75) is 32.1 Å². The van der Waals surface area contributed by atoms with Gasteiger partial charge in [0.25, 0.3) is 5.69 Å². The molecule has 2 rings (SSSR count). The summed E-state index contributed by atoms with van der Waals surface area (Å²) >= 11 is 3.35. The van der Waals surface area contributed by atoms with Gasteiger partial charge in [-0.1, -0.05) is 22.9 Å². The molecule has 11 heteroatoms. The zero-order valence-corrected chi connectivity index (χ0v) is 20.1. The Bertz CT molecular complexity index is 1040. The number of esters is 2. The highest BCUT2D eigenvalue weighted by Crippen LogP contribution is 2.44. The lowest BCUT2D eigenvalue weighted by molar-refractivity contribution is -0.384. The molecule has 0 aromatic heterocycles. The Labute approximate surface area is 199 Å². The number of nitrogens with one attached hydrogen (secondary N) is 1. The summed E-state index contributed by atoms with van der Waals surface area (Å²) in [6.45, 7) is 2.06. The minimum absolute atomic E-state index is 0.0465. The van der Waals surface area contributed by atoms with Crippen molar-refractivity contribution in [1.29, 1.82) is 5.26 Å². The monoisotopic (exact) mass is 521 g/mol. The minimum Gasteiger partial charge on any atom is -0.493 e. The maximum absolute atomic E-state index is 12.8. The van der Waals surface area contributed by atoms with E-state index in [1.165, 1.54) is 25.3 Å². The number of nitrogens with zero attached hydrogens (tertiary/aromatic N) is 2. The highest BCUT2D eigenvalue weighted by molar-refractivity contribution is 9.09. The molecule has 1 atom stereocenters. The van der Waals surface area contributed by atoms with E-state index >= 15 is 0 Å². The Morgan fingerprint density at radius 3 is 2.42 bits per heavy atom. The van der Waals surface area contributed by atoms with Crippen LogP contribution in [0.4, 0.5) is 5.69 Å². The summed E-state index contributed by atoms with van der Waals surface area (Å²) in [4.78, 5) is 36.5. The fourth-order valence-corrected chi connectivity index (χ4v) is 3.89. The number of unbranched alkanes of at least 4 members (excludes halogenated alkanes) is 1.